The second-order valence-electron chi connectivity index (χ2n) is 3.59. The van der Waals surface area contributed by atoms with Gasteiger partial charge in [0.25, 0.3) is 0 Å². The summed E-state index contributed by atoms with van der Waals surface area (Å²) in [7, 11) is 0. The third-order valence-electron chi connectivity index (χ3n) is 2.48. The van der Waals surface area contributed by atoms with Gasteiger partial charge >= 0.3 is 0 Å². The maximum atomic E-state index is 9.36. The van der Waals surface area contributed by atoms with Crippen LogP contribution in [0, 0.1) is 0 Å². The largest absolute Gasteiger partial charge is 0.391 e. The molecule has 2 unspecified atom stereocenters. The molecule has 1 aromatic heterocycles. The number of rotatable bonds is 2. The first-order valence-electron chi connectivity index (χ1n) is 4.69. The third-order valence-corrected chi connectivity index (χ3v) is 2.48. The van der Waals surface area contributed by atoms with Crippen LogP contribution in [0.4, 0.5) is 0 Å². The van der Waals surface area contributed by atoms with E-state index in [1.807, 2.05) is 30.5 Å². The summed E-state index contributed by atoms with van der Waals surface area (Å²) in [5, 5.41) is 10.5. The molecule has 2 rings (SSSR count). The molecule has 0 radical (unpaired) electrons. The van der Waals surface area contributed by atoms with Gasteiger partial charge in [-0.3, -0.25) is 0 Å². The van der Waals surface area contributed by atoms with Crippen LogP contribution in [-0.4, -0.2) is 16.2 Å². The molecule has 0 saturated heterocycles. The van der Waals surface area contributed by atoms with Crippen molar-refractivity contribution >= 4 is 10.9 Å². The molecular formula is C11H14N2O. The van der Waals surface area contributed by atoms with Crippen molar-refractivity contribution < 1.29 is 5.11 Å². The van der Waals surface area contributed by atoms with Gasteiger partial charge in [0.1, 0.15) is 0 Å². The zero-order valence-corrected chi connectivity index (χ0v) is 8.07. The van der Waals surface area contributed by atoms with E-state index < -0.39 is 6.10 Å². The third kappa shape index (κ3) is 1.52. The number of nitrogens with two attached hydrogens (primary N) is 1. The average Bonchev–Trinajstić information content (AvgIpc) is 2.62. The van der Waals surface area contributed by atoms with Crippen molar-refractivity contribution in [3.63, 3.8) is 0 Å². The van der Waals surface area contributed by atoms with Crippen molar-refractivity contribution in [1.29, 1.82) is 0 Å². The number of aliphatic hydroxyl groups is 1. The fourth-order valence-electron chi connectivity index (χ4n) is 1.56. The summed E-state index contributed by atoms with van der Waals surface area (Å²) in [5.41, 5.74) is 7.89. The highest BCUT2D eigenvalue weighted by Gasteiger charge is 2.11. The van der Waals surface area contributed by atoms with Crippen molar-refractivity contribution in [3.8, 4) is 0 Å². The summed E-state index contributed by atoms with van der Waals surface area (Å²) < 4.78 is 0. The van der Waals surface area contributed by atoms with Crippen LogP contribution in [0.5, 0.6) is 0 Å². The normalized spacial score (nSPS) is 15.6. The zero-order valence-electron chi connectivity index (χ0n) is 8.07. The lowest BCUT2D eigenvalue weighted by molar-refractivity contribution is 0.164. The van der Waals surface area contributed by atoms with Crippen LogP contribution in [0.1, 0.15) is 18.5 Å². The molecule has 4 N–H and O–H groups in total. The fraction of sp³-hybridized carbons (Fsp3) is 0.273. The molecule has 14 heavy (non-hydrogen) atoms. The lowest BCUT2D eigenvalue weighted by Crippen LogP contribution is -2.22. The lowest BCUT2D eigenvalue weighted by atomic mass is 10.0. The van der Waals surface area contributed by atoms with E-state index >= 15 is 0 Å². The van der Waals surface area contributed by atoms with E-state index in [0.29, 0.717) is 0 Å². The first kappa shape index (κ1) is 9.24. The summed E-state index contributed by atoms with van der Waals surface area (Å²) in [5.74, 6) is 0. The predicted molar refractivity (Wildman–Crippen MR) is 56.9 cm³/mol. The van der Waals surface area contributed by atoms with Gasteiger partial charge in [-0.15, -0.1) is 0 Å². The molecule has 0 fully saturated rings. The highest BCUT2D eigenvalue weighted by Crippen LogP contribution is 2.20. The van der Waals surface area contributed by atoms with E-state index in [4.69, 9.17) is 5.73 Å². The Hall–Kier alpha value is -1.32. The van der Waals surface area contributed by atoms with Crippen molar-refractivity contribution in [3.05, 3.63) is 36.0 Å². The Morgan fingerprint density at radius 3 is 2.86 bits per heavy atom. The Bertz CT molecular complexity index is 434. The van der Waals surface area contributed by atoms with Gasteiger partial charge in [-0.25, -0.2) is 0 Å². The number of benzene rings is 1. The molecule has 2 aromatic rings. The molecule has 0 bridgehead atoms. The molecule has 0 amide bonds. The van der Waals surface area contributed by atoms with E-state index in [1.165, 1.54) is 0 Å². The zero-order chi connectivity index (χ0) is 10.1. The average molecular weight is 190 g/mol. The van der Waals surface area contributed by atoms with E-state index in [2.05, 4.69) is 4.98 Å². The minimum atomic E-state index is -0.522. The monoisotopic (exact) mass is 190 g/mol. The van der Waals surface area contributed by atoms with Crippen LogP contribution < -0.4 is 5.73 Å². The van der Waals surface area contributed by atoms with Crippen LogP contribution in [0.2, 0.25) is 0 Å². The molecule has 1 aromatic carbocycles. The second-order valence-corrected chi connectivity index (χ2v) is 3.59. The molecule has 3 heteroatoms. The fourth-order valence-corrected chi connectivity index (χ4v) is 1.56. The minimum absolute atomic E-state index is 0.311. The smallest absolute Gasteiger partial charge is 0.0704 e. The molecule has 0 aliphatic heterocycles. The molecule has 0 aliphatic carbocycles. The van der Waals surface area contributed by atoms with Gasteiger partial charge in [0.15, 0.2) is 0 Å². The molecule has 0 spiro atoms. The number of fused-ring (bicyclic) bond motifs is 1. The van der Waals surface area contributed by atoms with Crippen molar-refractivity contribution in [2.24, 2.45) is 5.73 Å². The van der Waals surface area contributed by atoms with E-state index in [9.17, 15) is 5.11 Å². The molecular weight excluding hydrogens is 176 g/mol. The summed E-state index contributed by atoms with van der Waals surface area (Å²) in [6.07, 6.45) is 1.37. The van der Waals surface area contributed by atoms with Crippen molar-refractivity contribution in [1.82, 2.24) is 4.98 Å². The van der Waals surface area contributed by atoms with E-state index in [0.717, 1.165) is 16.5 Å². The van der Waals surface area contributed by atoms with Gasteiger partial charge in [0.05, 0.1) is 12.1 Å². The summed E-state index contributed by atoms with van der Waals surface area (Å²) in [6.45, 7) is 1.70. The topological polar surface area (TPSA) is 62.0 Å². The Kier molecular flexibility index (Phi) is 2.27. The molecule has 74 valence electrons. The molecule has 0 aliphatic rings. The quantitative estimate of drug-likeness (QED) is 0.672. The van der Waals surface area contributed by atoms with Crippen LogP contribution in [0.3, 0.4) is 0 Å². The highest BCUT2D eigenvalue weighted by atomic mass is 16.3. The molecule has 0 saturated carbocycles. The number of aliphatic hydroxyl groups excluding tert-OH is 1. The maximum Gasteiger partial charge on any atom is 0.0704 e. The highest BCUT2D eigenvalue weighted by molar-refractivity contribution is 5.80. The number of hydrogen-bond donors (Lipinski definition) is 3. The summed E-state index contributed by atoms with van der Waals surface area (Å²) in [4.78, 5) is 3.11. The van der Waals surface area contributed by atoms with E-state index in [1.54, 1.807) is 6.92 Å². The van der Waals surface area contributed by atoms with Crippen LogP contribution in [0.25, 0.3) is 10.9 Å². The van der Waals surface area contributed by atoms with E-state index in [-0.39, 0.29) is 6.04 Å². The molecule has 3 nitrogen and oxygen atoms in total. The first-order valence-corrected chi connectivity index (χ1v) is 4.69. The Morgan fingerprint density at radius 2 is 2.14 bits per heavy atom. The van der Waals surface area contributed by atoms with Crippen LogP contribution in [-0.2, 0) is 0 Å². The standard InChI is InChI=1S/C11H14N2O/c1-7(14)11(12)9-2-3-10-8(6-9)4-5-13-10/h2-7,11,13-14H,12H2,1H3. The Morgan fingerprint density at radius 1 is 1.36 bits per heavy atom. The van der Waals surface area contributed by atoms with Gasteiger partial charge in [0.2, 0.25) is 0 Å². The number of aromatic amines is 1. The Balaban J connectivity index is 2.43. The number of H-pyrrole nitrogens is 1. The SMILES string of the molecule is CC(O)C(N)c1ccc2[nH]ccc2c1. The summed E-state index contributed by atoms with van der Waals surface area (Å²) in [6, 6.07) is 7.61. The minimum Gasteiger partial charge on any atom is -0.391 e. The predicted octanol–water partition coefficient (Wildman–Crippen LogP) is 1.55. The second kappa shape index (κ2) is 3.44. The van der Waals surface area contributed by atoms with Crippen LogP contribution in [0.15, 0.2) is 30.5 Å². The molecule has 1 heterocycles. The van der Waals surface area contributed by atoms with Crippen LogP contribution >= 0.6 is 0 Å². The van der Waals surface area contributed by atoms with Gasteiger partial charge in [-0.2, -0.15) is 0 Å². The van der Waals surface area contributed by atoms with Gasteiger partial charge in [-0.05, 0) is 36.1 Å². The number of hydrogen-bond acceptors (Lipinski definition) is 2. The molecule has 2 atom stereocenters. The number of nitrogens with one attached hydrogen (secondary N) is 1. The summed E-state index contributed by atoms with van der Waals surface area (Å²) >= 11 is 0. The van der Waals surface area contributed by atoms with Gasteiger partial charge in [0, 0.05) is 11.7 Å². The first-order chi connectivity index (χ1) is 6.68. The number of aromatic nitrogens is 1. The Labute approximate surface area is 82.6 Å². The van der Waals surface area contributed by atoms with Crippen molar-refractivity contribution in [2.75, 3.05) is 0 Å². The van der Waals surface area contributed by atoms with Crippen molar-refractivity contribution in [2.45, 2.75) is 19.1 Å². The van der Waals surface area contributed by atoms with Gasteiger partial charge in [-0.1, -0.05) is 6.07 Å². The lowest BCUT2D eigenvalue weighted by Gasteiger charge is -2.14. The maximum absolute atomic E-state index is 9.36. The van der Waals surface area contributed by atoms with Gasteiger partial charge < -0.3 is 15.8 Å².